The van der Waals surface area contributed by atoms with Gasteiger partial charge in [0.15, 0.2) is 0 Å². The Morgan fingerprint density at radius 1 is 1.19 bits per heavy atom. The molecule has 0 N–H and O–H groups in total. The molecule has 1 atom stereocenters. The summed E-state index contributed by atoms with van der Waals surface area (Å²) < 4.78 is 7.42. The highest BCUT2D eigenvalue weighted by Crippen LogP contribution is 2.10. The zero-order valence-electron chi connectivity index (χ0n) is 12.5. The fraction of sp³-hybridized carbons (Fsp3) is 0.500. The molecule has 1 aliphatic heterocycles. The van der Waals surface area contributed by atoms with Crippen LogP contribution in [0.3, 0.4) is 0 Å². The molecule has 21 heavy (non-hydrogen) atoms. The van der Waals surface area contributed by atoms with E-state index >= 15 is 0 Å². The number of hydrogen-bond donors (Lipinski definition) is 0. The molecule has 0 aliphatic carbocycles. The maximum absolute atomic E-state index is 5.41. The average molecular weight is 286 g/mol. The molecule has 2 heterocycles. The molecule has 5 heteroatoms. The zero-order valence-corrected chi connectivity index (χ0v) is 12.5. The Labute approximate surface area is 125 Å². The highest BCUT2D eigenvalue weighted by molar-refractivity contribution is 5.15. The van der Waals surface area contributed by atoms with E-state index in [1.807, 2.05) is 10.7 Å². The van der Waals surface area contributed by atoms with Crippen molar-refractivity contribution >= 4 is 0 Å². The van der Waals surface area contributed by atoms with Crippen LogP contribution in [-0.4, -0.2) is 52.0 Å². The SMILES string of the molecule is CC(Cc1ncnn1Cc1ccccc1)N1CCOCC1. The molecule has 0 spiro atoms. The first kappa shape index (κ1) is 14.2. The summed E-state index contributed by atoms with van der Waals surface area (Å²) in [6.07, 6.45) is 2.58. The molecule has 1 aliphatic rings. The van der Waals surface area contributed by atoms with Gasteiger partial charge in [-0.05, 0) is 12.5 Å². The topological polar surface area (TPSA) is 43.2 Å². The molecule has 5 nitrogen and oxygen atoms in total. The summed E-state index contributed by atoms with van der Waals surface area (Å²) >= 11 is 0. The molecule has 0 amide bonds. The second kappa shape index (κ2) is 6.83. The van der Waals surface area contributed by atoms with Crippen LogP contribution < -0.4 is 0 Å². The van der Waals surface area contributed by atoms with Gasteiger partial charge in [0.2, 0.25) is 0 Å². The van der Waals surface area contributed by atoms with Crippen LogP contribution in [0.25, 0.3) is 0 Å². The predicted octanol–water partition coefficient (Wildman–Crippen LogP) is 1.59. The summed E-state index contributed by atoms with van der Waals surface area (Å²) in [4.78, 5) is 6.90. The Kier molecular flexibility index (Phi) is 4.62. The number of benzene rings is 1. The third-order valence-electron chi connectivity index (χ3n) is 4.02. The van der Waals surface area contributed by atoms with Crippen LogP contribution in [0, 0.1) is 0 Å². The van der Waals surface area contributed by atoms with Crippen LogP contribution >= 0.6 is 0 Å². The summed E-state index contributed by atoms with van der Waals surface area (Å²) in [5.41, 5.74) is 1.25. The molecule has 2 aromatic rings. The minimum atomic E-state index is 0.465. The molecule has 1 aromatic heterocycles. The van der Waals surface area contributed by atoms with Crippen molar-refractivity contribution in [3.8, 4) is 0 Å². The van der Waals surface area contributed by atoms with E-state index < -0.39 is 0 Å². The summed E-state index contributed by atoms with van der Waals surface area (Å²) in [6, 6.07) is 10.9. The Morgan fingerprint density at radius 3 is 2.71 bits per heavy atom. The number of hydrogen-bond acceptors (Lipinski definition) is 4. The van der Waals surface area contributed by atoms with Crippen molar-refractivity contribution < 1.29 is 4.74 Å². The van der Waals surface area contributed by atoms with E-state index in [1.54, 1.807) is 6.33 Å². The monoisotopic (exact) mass is 286 g/mol. The van der Waals surface area contributed by atoms with E-state index in [1.165, 1.54) is 5.56 Å². The largest absolute Gasteiger partial charge is 0.379 e. The summed E-state index contributed by atoms with van der Waals surface area (Å²) in [5.74, 6) is 1.05. The Bertz CT molecular complexity index is 548. The predicted molar refractivity (Wildman–Crippen MR) is 81.1 cm³/mol. The first-order valence-corrected chi connectivity index (χ1v) is 7.55. The van der Waals surface area contributed by atoms with Crippen molar-refractivity contribution in [2.24, 2.45) is 0 Å². The van der Waals surface area contributed by atoms with Crippen molar-refractivity contribution in [3.63, 3.8) is 0 Å². The lowest BCUT2D eigenvalue weighted by atomic mass is 10.1. The van der Waals surface area contributed by atoms with Gasteiger partial charge < -0.3 is 4.74 Å². The molecule has 1 fully saturated rings. The van der Waals surface area contributed by atoms with Crippen LogP contribution in [0.2, 0.25) is 0 Å². The van der Waals surface area contributed by atoms with Crippen LogP contribution in [0.15, 0.2) is 36.7 Å². The van der Waals surface area contributed by atoms with E-state index in [9.17, 15) is 0 Å². The molecule has 0 bridgehead atoms. The van der Waals surface area contributed by atoms with E-state index in [0.717, 1.165) is 45.1 Å². The highest BCUT2D eigenvalue weighted by atomic mass is 16.5. The second-order valence-corrected chi connectivity index (χ2v) is 5.52. The smallest absolute Gasteiger partial charge is 0.138 e. The van der Waals surface area contributed by atoms with Crippen molar-refractivity contribution in [3.05, 3.63) is 48.0 Å². The van der Waals surface area contributed by atoms with Gasteiger partial charge in [0.25, 0.3) is 0 Å². The highest BCUT2D eigenvalue weighted by Gasteiger charge is 2.19. The third kappa shape index (κ3) is 3.68. The van der Waals surface area contributed by atoms with Gasteiger partial charge in [-0.1, -0.05) is 30.3 Å². The first-order chi connectivity index (χ1) is 10.3. The minimum absolute atomic E-state index is 0.465. The summed E-state index contributed by atoms with van der Waals surface area (Å²) in [5, 5.41) is 4.37. The van der Waals surface area contributed by atoms with Crippen LogP contribution in [0.1, 0.15) is 18.3 Å². The zero-order chi connectivity index (χ0) is 14.5. The van der Waals surface area contributed by atoms with Gasteiger partial charge in [0, 0.05) is 25.6 Å². The lowest BCUT2D eigenvalue weighted by Crippen LogP contribution is -2.43. The lowest BCUT2D eigenvalue weighted by molar-refractivity contribution is 0.0198. The number of rotatable bonds is 5. The third-order valence-corrected chi connectivity index (χ3v) is 4.02. The standard InChI is InChI=1S/C16H22N4O/c1-14(19-7-9-21-10-8-19)11-16-17-13-18-20(16)12-15-5-3-2-4-6-15/h2-6,13-14H,7-12H2,1H3. The molecule has 1 aromatic carbocycles. The number of morpholine rings is 1. The molecule has 1 unspecified atom stereocenters. The van der Waals surface area contributed by atoms with Gasteiger partial charge in [0.1, 0.15) is 12.2 Å². The molecule has 1 saturated heterocycles. The molecule has 112 valence electrons. The Morgan fingerprint density at radius 2 is 1.95 bits per heavy atom. The number of ether oxygens (including phenoxy) is 1. The lowest BCUT2D eigenvalue weighted by Gasteiger charge is -2.32. The Balaban J connectivity index is 1.64. The fourth-order valence-corrected chi connectivity index (χ4v) is 2.75. The van der Waals surface area contributed by atoms with Crippen LogP contribution in [0.4, 0.5) is 0 Å². The number of aromatic nitrogens is 3. The maximum Gasteiger partial charge on any atom is 0.138 e. The molecular weight excluding hydrogens is 264 g/mol. The minimum Gasteiger partial charge on any atom is -0.379 e. The summed E-state index contributed by atoms with van der Waals surface area (Å²) in [6.45, 7) is 6.73. The van der Waals surface area contributed by atoms with Crippen molar-refractivity contribution in [1.82, 2.24) is 19.7 Å². The molecule has 0 radical (unpaired) electrons. The van der Waals surface area contributed by atoms with Crippen molar-refractivity contribution in [2.75, 3.05) is 26.3 Å². The van der Waals surface area contributed by atoms with Gasteiger partial charge in [-0.25, -0.2) is 9.67 Å². The second-order valence-electron chi connectivity index (χ2n) is 5.52. The van der Waals surface area contributed by atoms with E-state index in [2.05, 4.69) is 46.2 Å². The quantitative estimate of drug-likeness (QED) is 0.837. The van der Waals surface area contributed by atoms with Crippen molar-refractivity contribution in [1.29, 1.82) is 0 Å². The normalized spacial score (nSPS) is 17.8. The van der Waals surface area contributed by atoms with Crippen molar-refractivity contribution in [2.45, 2.75) is 25.9 Å². The van der Waals surface area contributed by atoms with Gasteiger partial charge in [-0.3, -0.25) is 4.90 Å². The number of nitrogens with zero attached hydrogens (tertiary/aromatic N) is 4. The average Bonchev–Trinajstić information content (AvgIpc) is 2.96. The molecule has 3 rings (SSSR count). The summed E-state index contributed by atoms with van der Waals surface area (Å²) in [7, 11) is 0. The maximum atomic E-state index is 5.41. The Hall–Kier alpha value is -1.72. The molecular formula is C16H22N4O. The van der Waals surface area contributed by atoms with Crippen LogP contribution in [-0.2, 0) is 17.7 Å². The first-order valence-electron chi connectivity index (χ1n) is 7.55. The fourth-order valence-electron chi connectivity index (χ4n) is 2.75. The van der Waals surface area contributed by atoms with Gasteiger partial charge in [-0.2, -0.15) is 5.10 Å². The van der Waals surface area contributed by atoms with Gasteiger partial charge in [-0.15, -0.1) is 0 Å². The van der Waals surface area contributed by atoms with E-state index in [-0.39, 0.29) is 0 Å². The molecule has 0 saturated carbocycles. The van der Waals surface area contributed by atoms with Crippen LogP contribution in [0.5, 0.6) is 0 Å². The van der Waals surface area contributed by atoms with E-state index in [4.69, 9.17) is 4.74 Å². The van der Waals surface area contributed by atoms with Gasteiger partial charge >= 0.3 is 0 Å². The van der Waals surface area contributed by atoms with Gasteiger partial charge in [0.05, 0.1) is 19.8 Å². The van der Waals surface area contributed by atoms with E-state index in [0.29, 0.717) is 6.04 Å².